The van der Waals surface area contributed by atoms with Crippen LogP contribution in [0.15, 0.2) is 17.2 Å². The molecule has 0 aliphatic rings. The highest BCUT2D eigenvalue weighted by Crippen LogP contribution is 2.12. The topological polar surface area (TPSA) is 131 Å². The number of hydrogen-bond acceptors (Lipinski definition) is 4. The van der Waals surface area contributed by atoms with Crippen LogP contribution in [0.1, 0.15) is 23.8 Å². The van der Waals surface area contributed by atoms with Crippen molar-refractivity contribution in [3.8, 4) is 0 Å². The lowest BCUT2D eigenvalue weighted by atomic mass is 10.2. The SMILES string of the molecule is CC[C@@H](NC(=O)c1cc(S(N)(=O)=O)cn1C)C(=O)O. The Hall–Kier alpha value is -1.87. The summed E-state index contributed by atoms with van der Waals surface area (Å²) in [6, 6.07) is 0.0690. The molecule has 0 saturated carbocycles. The van der Waals surface area contributed by atoms with E-state index in [1.54, 1.807) is 6.92 Å². The van der Waals surface area contributed by atoms with Crippen molar-refractivity contribution in [1.29, 1.82) is 0 Å². The van der Waals surface area contributed by atoms with Crippen LogP contribution in [0.3, 0.4) is 0 Å². The van der Waals surface area contributed by atoms with Gasteiger partial charge in [-0.3, -0.25) is 4.79 Å². The molecule has 0 fully saturated rings. The van der Waals surface area contributed by atoms with Gasteiger partial charge in [0.2, 0.25) is 10.0 Å². The molecule has 4 N–H and O–H groups in total. The lowest BCUT2D eigenvalue weighted by Gasteiger charge is -2.12. The van der Waals surface area contributed by atoms with Gasteiger partial charge in [0.15, 0.2) is 0 Å². The summed E-state index contributed by atoms with van der Waals surface area (Å²) in [7, 11) is -2.44. The summed E-state index contributed by atoms with van der Waals surface area (Å²) in [5.41, 5.74) is 0.0173. The fourth-order valence-electron chi connectivity index (χ4n) is 1.49. The fraction of sp³-hybridized carbons (Fsp3) is 0.400. The van der Waals surface area contributed by atoms with Crippen LogP contribution in [-0.2, 0) is 21.9 Å². The first-order chi connectivity index (χ1) is 8.66. The van der Waals surface area contributed by atoms with Gasteiger partial charge < -0.3 is 15.0 Å². The number of aromatic nitrogens is 1. The molecule has 0 aromatic carbocycles. The zero-order valence-corrected chi connectivity index (χ0v) is 11.3. The summed E-state index contributed by atoms with van der Waals surface area (Å²) in [5, 5.41) is 16.1. The zero-order chi connectivity index (χ0) is 14.8. The number of carboxylic acids is 1. The molecule has 1 amide bonds. The van der Waals surface area contributed by atoms with E-state index in [2.05, 4.69) is 5.32 Å². The van der Waals surface area contributed by atoms with Gasteiger partial charge in [-0.1, -0.05) is 6.92 Å². The van der Waals surface area contributed by atoms with Crippen LogP contribution in [0.2, 0.25) is 0 Å². The Kier molecular flexibility index (Phi) is 4.32. The van der Waals surface area contributed by atoms with Gasteiger partial charge in [-0.05, 0) is 12.5 Å². The van der Waals surface area contributed by atoms with Gasteiger partial charge in [0.25, 0.3) is 5.91 Å². The maximum atomic E-state index is 11.8. The van der Waals surface area contributed by atoms with Gasteiger partial charge in [-0.2, -0.15) is 0 Å². The van der Waals surface area contributed by atoms with Crippen LogP contribution in [0.4, 0.5) is 0 Å². The van der Waals surface area contributed by atoms with Crippen LogP contribution in [-0.4, -0.2) is 36.0 Å². The number of hydrogen-bond donors (Lipinski definition) is 3. The quantitative estimate of drug-likeness (QED) is 0.657. The molecule has 1 atom stereocenters. The summed E-state index contributed by atoms with van der Waals surface area (Å²) in [6.45, 7) is 1.61. The van der Waals surface area contributed by atoms with Gasteiger partial charge in [0, 0.05) is 13.2 Å². The van der Waals surface area contributed by atoms with Crippen molar-refractivity contribution >= 4 is 21.9 Å². The minimum Gasteiger partial charge on any atom is -0.480 e. The Morgan fingerprint density at radius 2 is 2.11 bits per heavy atom. The third-order valence-corrected chi connectivity index (χ3v) is 3.43. The first-order valence-corrected chi connectivity index (χ1v) is 6.94. The summed E-state index contributed by atoms with van der Waals surface area (Å²) in [6.07, 6.45) is 1.40. The van der Waals surface area contributed by atoms with Gasteiger partial charge in [0.05, 0.1) is 0 Å². The summed E-state index contributed by atoms with van der Waals surface area (Å²) in [5.74, 6) is -1.83. The molecule has 1 heterocycles. The Morgan fingerprint density at radius 3 is 2.47 bits per heavy atom. The molecular weight excluding hydrogens is 274 g/mol. The summed E-state index contributed by atoms with van der Waals surface area (Å²) in [4.78, 5) is 22.5. The van der Waals surface area contributed by atoms with Gasteiger partial charge >= 0.3 is 5.97 Å². The fourth-order valence-corrected chi connectivity index (χ4v) is 2.07. The second-order valence-electron chi connectivity index (χ2n) is 3.99. The third-order valence-electron chi connectivity index (χ3n) is 2.55. The van der Waals surface area contributed by atoms with Crippen molar-refractivity contribution in [1.82, 2.24) is 9.88 Å². The maximum absolute atomic E-state index is 11.8. The number of carbonyl (C=O) groups is 2. The molecule has 19 heavy (non-hydrogen) atoms. The molecule has 0 radical (unpaired) electrons. The molecule has 0 unspecified atom stereocenters. The number of nitrogens with one attached hydrogen (secondary N) is 1. The number of nitrogens with zero attached hydrogens (tertiary/aromatic N) is 1. The highest BCUT2D eigenvalue weighted by atomic mass is 32.2. The number of primary sulfonamides is 1. The number of carbonyl (C=O) groups excluding carboxylic acids is 1. The van der Waals surface area contributed by atoms with Crippen molar-refractivity contribution in [3.05, 3.63) is 18.0 Å². The smallest absolute Gasteiger partial charge is 0.326 e. The van der Waals surface area contributed by atoms with Crippen LogP contribution >= 0.6 is 0 Å². The second-order valence-corrected chi connectivity index (χ2v) is 5.55. The Balaban J connectivity index is 3.01. The number of aryl methyl sites for hydroxylation is 1. The Labute approximate surface area is 110 Å². The van der Waals surface area contributed by atoms with Crippen LogP contribution in [0.5, 0.6) is 0 Å². The minimum atomic E-state index is -3.91. The van der Waals surface area contributed by atoms with E-state index in [1.165, 1.54) is 17.8 Å². The highest BCUT2D eigenvalue weighted by Gasteiger charge is 2.22. The van der Waals surface area contributed by atoms with Crippen molar-refractivity contribution in [2.45, 2.75) is 24.3 Å². The average Bonchev–Trinajstić information content (AvgIpc) is 2.67. The monoisotopic (exact) mass is 289 g/mol. The van der Waals surface area contributed by atoms with Gasteiger partial charge in [-0.25, -0.2) is 18.4 Å². The molecule has 0 spiro atoms. The first kappa shape index (κ1) is 15.2. The van der Waals surface area contributed by atoms with E-state index in [1.807, 2.05) is 0 Å². The van der Waals surface area contributed by atoms with E-state index >= 15 is 0 Å². The lowest BCUT2D eigenvalue weighted by molar-refractivity contribution is -0.139. The van der Waals surface area contributed by atoms with Crippen LogP contribution in [0.25, 0.3) is 0 Å². The Bertz CT molecular complexity index is 605. The lowest BCUT2D eigenvalue weighted by Crippen LogP contribution is -2.40. The van der Waals surface area contributed by atoms with Crippen LogP contribution < -0.4 is 10.5 Å². The van der Waals surface area contributed by atoms with Crippen molar-refractivity contribution in [2.75, 3.05) is 0 Å². The molecular formula is C10H15N3O5S. The molecule has 1 rings (SSSR count). The molecule has 0 bridgehead atoms. The number of aliphatic carboxylic acids is 1. The van der Waals surface area contributed by atoms with E-state index < -0.39 is 27.9 Å². The van der Waals surface area contributed by atoms with Gasteiger partial charge in [-0.15, -0.1) is 0 Å². The Morgan fingerprint density at radius 1 is 1.53 bits per heavy atom. The molecule has 0 saturated heterocycles. The van der Waals surface area contributed by atoms with E-state index in [-0.39, 0.29) is 17.0 Å². The predicted molar refractivity (Wildman–Crippen MR) is 66.0 cm³/mol. The zero-order valence-electron chi connectivity index (χ0n) is 10.5. The molecule has 0 aliphatic heterocycles. The van der Waals surface area contributed by atoms with Crippen molar-refractivity contribution < 1.29 is 23.1 Å². The standard InChI is InChI=1S/C10H15N3O5S/c1-3-7(10(15)16)12-9(14)8-4-6(5-13(8)2)19(11,17)18/h4-5,7H,3H2,1-2H3,(H,12,14)(H,15,16)(H2,11,17,18)/t7-/m1/s1. The van der Waals surface area contributed by atoms with Crippen LogP contribution in [0, 0.1) is 0 Å². The number of nitrogens with two attached hydrogens (primary N) is 1. The van der Waals surface area contributed by atoms with Gasteiger partial charge in [0.1, 0.15) is 16.6 Å². The predicted octanol–water partition coefficient (Wildman–Crippen LogP) is -0.734. The average molecular weight is 289 g/mol. The summed E-state index contributed by atoms with van der Waals surface area (Å²) < 4.78 is 23.6. The third kappa shape index (κ3) is 3.55. The van der Waals surface area contributed by atoms with E-state index in [4.69, 9.17) is 10.2 Å². The normalized spacial score (nSPS) is 13.0. The molecule has 0 aliphatic carbocycles. The number of rotatable bonds is 5. The summed E-state index contributed by atoms with van der Waals surface area (Å²) >= 11 is 0. The highest BCUT2D eigenvalue weighted by molar-refractivity contribution is 7.89. The minimum absolute atomic E-state index is 0.0173. The van der Waals surface area contributed by atoms with Crippen molar-refractivity contribution in [2.24, 2.45) is 12.2 Å². The number of sulfonamides is 1. The molecule has 1 aromatic heterocycles. The van der Waals surface area contributed by atoms with E-state index in [9.17, 15) is 18.0 Å². The first-order valence-electron chi connectivity index (χ1n) is 5.39. The largest absolute Gasteiger partial charge is 0.480 e. The van der Waals surface area contributed by atoms with E-state index in [0.717, 1.165) is 6.07 Å². The molecule has 1 aromatic rings. The molecule has 106 valence electrons. The van der Waals surface area contributed by atoms with E-state index in [0.29, 0.717) is 0 Å². The molecule has 9 heteroatoms. The second kappa shape index (κ2) is 5.41. The van der Waals surface area contributed by atoms with Crippen molar-refractivity contribution in [3.63, 3.8) is 0 Å². The number of amides is 1. The number of carboxylic acid groups (broad SMARTS) is 1. The molecule has 8 nitrogen and oxygen atoms in total. The maximum Gasteiger partial charge on any atom is 0.326 e.